The van der Waals surface area contributed by atoms with Gasteiger partial charge in [0.15, 0.2) is 0 Å². The number of Topliss-reactive ketones (excluding diaryl/α,β-unsaturated/α-hetero) is 1. The van der Waals surface area contributed by atoms with Crippen molar-refractivity contribution in [2.24, 2.45) is 11.8 Å². The third-order valence-corrected chi connectivity index (χ3v) is 4.26. The lowest BCUT2D eigenvalue weighted by molar-refractivity contribution is -0.186. The molecule has 1 aliphatic rings. The van der Waals surface area contributed by atoms with E-state index in [4.69, 9.17) is 0 Å². The van der Waals surface area contributed by atoms with Gasteiger partial charge in [0.2, 0.25) is 0 Å². The van der Waals surface area contributed by atoms with Gasteiger partial charge in [0.1, 0.15) is 11.6 Å². The summed E-state index contributed by atoms with van der Waals surface area (Å²) in [4.78, 5) is 12.2. The van der Waals surface area contributed by atoms with Crippen LogP contribution >= 0.6 is 0 Å². The molecule has 2 atom stereocenters. The Hall–Kier alpha value is -1.39. The standard InChI is InChI=1S/C16H18F4O/c1-10-7-14(17)6-5-11(10)9-15(21)12-3-2-4-13(8-12)16(18,19)20/h5-7,12-13H,2-4,8-9H2,1H3. The number of rotatable bonds is 3. The molecular formula is C16H18F4O. The molecule has 0 aliphatic heterocycles. The summed E-state index contributed by atoms with van der Waals surface area (Å²) in [6.07, 6.45) is -3.17. The zero-order valence-corrected chi connectivity index (χ0v) is 11.8. The molecule has 5 heteroatoms. The zero-order valence-electron chi connectivity index (χ0n) is 11.8. The third-order valence-electron chi connectivity index (χ3n) is 4.26. The predicted molar refractivity (Wildman–Crippen MR) is 71.4 cm³/mol. The number of hydrogen-bond acceptors (Lipinski definition) is 1. The van der Waals surface area contributed by atoms with Crippen LogP contribution in [0.2, 0.25) is 0 Å². The SMILES string of the molecule is Cc1cc(F)ccc1CC(=O)C1CCCC(C(F)(F)F)C1. The molecule has 2 unspecified atom stereocenters. The van der Waals surface area contributed by atoms with Crippen LogP contribution in [0.4, 0.5) is 17.6 Å². The second-order valence-corrected chi connectivity index (χ2v) is 5.82. The average Bonchev–Trinajstić information content (AvgIpc) is 2.41. The van der Waals surface area contributed by atoms with Crippen LogP contribution in [-0.2, 0) is 11.2 Å². The number of carbonyl (C=O) groups is 1. The van der Waals surface area contributed by atoms with Crippen LogP contribution in [0.1, 0.15) is 36.8 Å². The van der Waals surface area contributed by atoms with Crippen molar-refractivity contribution in [2.45, 2.75) is 45.2 Å². The van der Waals surface area contributed by atoms with Crippen molar-refractivity contribution in [1.29, 1.82) is 0 Å². The topological polar surface area (TPSA) is 17.1 Å². The van der Waals surface area contributed by atoms with Crippen LogP contribution in [-0.4, -0.2) is 12.0 Å². The summed E-state index contributed by atoms with van der Waals surface area (Å²) in [6.45, 7) is 1.70. The fourth-order valence-corrected chi connectivity index (χ4v) is 2.97. The minimum Gasteiger partial charge on any atom is -0.299 e. The number of ketones is 1. The van der Waals surface area contributed by atoms with Crippen molar-refractivity contribution >= 4 is 5.78 Å². The summed E-state index contributed by atoms with van der Waals surface area (Å²) >= 11 is 0. The molecule has 1 fully saturated rings. The van der Waals surface area contributed by atoms with Gasteiger partial charge in [0.25, 0.3) is 0 Å². The van der Waals surface area contributed by atoms with Crippen LogP contribution in [0.5, 0.6) is 0 Å². The Kier molecular flexibility index (Phi) is 4.69. The van der Waals surface area contributed by atoms with E-state index in [9.17, 15) is 22.4 Å². The molecule has 0 amide bonds. The summed E-state index contributed by atoms with van der Waals surface area (Å²) < 4.78 is 51.3. The van der Waals surface area contributed by atoms with Crippen molar-refractivity contribution in [3.63, 3.8) is 0 Å². The molecule has 21 heavy (non-hydrogen) atoms. The monoisotopic (exact) mass is 302 g/mol. The quantitative estimate of drug-likeness (QED) is 0.745. The molecule has 1 aliphatic carbocycles. The van der Waals surface area contributed by atoms with Gasteiger partial charge in [-0.15, -0.1) is 0 Å². The first-order chi connectivity index (χ1) is 9.77. The summed E-state index contributed by atoms with van der Waals surface area (Å²) in [6, 6.07) is 4.14. The van der Waals surface area contributed by atoms with Crippen molar-refractivity contribution < 1.29 is 22.4 Å². The smallest absolute Gasteiger partial charge is 0.299 e. The predicted octanol–water partition coefficient (Wildman–Crippen LogP) is 4.61. The van der Waals surface area contributed by atoms with E-state index in [0.717, 1.165) is 0 Å². The van der Waals surface area contributed by atoms with Crippen molar-refractivity contribution in [3.8, 4) is 0 Å². The van der Waals surface area contributed by atoms with Crippen LogP contribution < -0.4 is 0 Å². The number of benzene rings is 1. The fraction of sp³-hybridized carbons (Fsp3) is 0.562. The first-order valence-electron chi connectivity index (χ1n) is 7.12. The molecule has 0 bridgehead atoms. The number of halogens is 4. The van der Waals surface area contributed by atoms with Gasteiger partial charge >= 0.3 is 6.18 Å². The minimum atomic E-state index is -4.22. The van der Waals surface area contributed by atoms with Crippen LogP contribution in [0.15, 0.2) is 18.2 Å². The molecule has 1 nitrogen and oxygen atoms in total. The maximum atomic E-state index is 13.0. The van der Waals surface area contributed by atoms with Crippen LogP contribution in [0.3, 0.4) is 0 Å². The maximum absolute atomic E-state index is 13.0. The van der Waals surface area contributed by atoms with E-state index >= 15 is 0 Å². The molecule has 0 saturated heterocycles. The molecule has 0 spiro atoms. The maximum Gasteiger partial charge on any atom is 0.391 e. The Morgan fingerprint density at radius 3 is 2.62 bits per heavy atom. The molecule has 1 saturated carbocycles. The van der Waals surface area contributed by atoms with Gasteiger partial charge in [-0.2, -0.15) is 13.2 Å². The molecule has 1 aromatic rings. The average molecular weight is 302 g/mol. The number of carbonyl (C=O) groups excluding carboxylic acids is 1. The fourth-order valence-electron chi connectivity index (χ4n) is 2.97. The van der Waals surface area contributed by atoms with E-state index in [1.807, 2.05) is 0 Å². The van der Waals surface area contributed by atoms with Crippen molar-refractivity contribution in [1.82, 2.24) is 0 Å². The van der Waals surface area contributed by atoms with Gasteiger partial charge < -0.3 is 0 Å². The molecule has 0 aromatic heterocycles. The van der Waals surface area contributed by atoms with Gasteiger partial charge in [-0.3, -0.25) is 4.79 Å². The second kappa shape index (κ2) is 6.16. The van der Waals surface area contributed by atoms with E-state index in [0.29, 0.717) is 24.0 Å². The van der Waals surface area contributed by atoms with Gasteiger partial charge in [-0.25, -0.2) is 4.39 Å². The lowest BCUT2D eigenvalue weighted by atomic mass is 9.77. The molecule has 0 radical (unpaired) electrons. The Morgan fingerprint density at radius 1 is 1.29 bits per heavy atom. The Balaban J connectivity index is 2.03. The lowest BCUT2D eigenvalue weighted by Crippen LogP contribution is -2.32. The Morgan fingerprint density at radius 2 is 2.00 bits per heavy atom. The zero-order chi connectivity index (χ0) is 15.6. The minimum absolute atomic E-state index is 0.0847. The number of aryl methyl sites for hydroxylation is 1. The third kappa shape index (κ3) is 4.05. The molecule has 116 valence electrons. The largest absolute Gasteiger partial charge is 0.391 e. The highest BCUT2D eigenvalue weighted by Gasteiger charge is 2.43. The highest BCUT2D eigenvalue weighted by molar-refractivity contribution is 5.83. The molecule has 0 heterocycles. The summed E-state index contributed by atoms with van der Waals surface area (Å²) in [5.74, 6) is -2.44. The van der Waals surface area contributed by atoms with Crippen molar-refractivity contribution in [2.75, 3.05) is 0 Å². The van der Waals surface area contributed by atoms with E-state index in [2.05, 4.69) is 0 Å². The summed E-state index contributed by atoms with van der Waals surface area (Å²) in [7, 11) is 0. The number of alkyl halides is 3. The number of hydrogen-bond donors (Lipinski definition) is 0. The van der Waals surface area contributed by atoms with Crippen molar-refractivity contribution in [3.05, 3.63) is 35.1 Å². The van der Waals surface area contributed by atoms with E-state index < -0.39 is 18.0 Å². The van der Waals surface area contributed by atoms with Gasteiger partial charge in [0, 0.05) is 12.3 Å². The molecule has 1 aromatic carbocycles. The van der Waals surface area contributed by atoms with Gasteiger partial charge in [-0.05, 0) is 49.4 Å². The van der Waals surface area contributed by atoms with E-state index in [1.54, 1.807) is 6.92 Å². The van der Waals surface area contributed by atoms with Crippen LogP contribution in [0, 0.1) is 24.6 Å². The molecular weight excluding hydrogens is 284 g/mol. The lowest BCUT2D eigenvalue weighted by Gasteiger charge is -2.29. The van der Waals surface area contributed by atoms with Gasteiger partial charge in [0.05, 0.1) is 5.92 Å². The molecule has 2 rings (SSSR count). The summed E-state index contributed by atoms with van der Waals surface area (Å²) in [5.41, 5.74) is 1.35. The Bertz CT molecular complexity index is 521. The highest BCUT2D eigenvalue weighted by Crippen LogP contribution is 2.40. The first-order valence-corrected chi connectivity index (χ1v) is 7.12. The van der Waals surface area contributed by atoms with E-state index in [-0.39, 0.29) is 30.9 Å². The van der Waals surface area contributed by atoms with E-state index in [1.165, 1.54) is 18.2 Å². The normalized spacial score (nSPS) is 23.1. The highest BCUT2D eigenvalue weighted by atomic mass is 19.4. The van der Waals surface area contributed by atoms with Crippen LogP contribution in [0.25, 0.3) is 0 Å². The Labute approximate surface area is 121 Å². The summed E-state index contributed by atoms with van der Waals surface area (Å²) in [5, 5.41) is 0. The second-order valence-electron chi connectivity index (χ2n) is 5.82. The first kappa shape index (κ1) is 16.0. The van der Waals surface area contributed by atoms with Gasteiger partial charge in [-0.1, -0.05) is 12.5 Å². The molecule has 0 N–H and O–H groups in total.